The Morgan fingerprint density at radius 2 is 0.805 bits per heavy atom. The molecule has 246 valence electrons. The molecule has 0 saturated carbocycles. The van der Waals surface area contributed by atoms with Crippen LogP contribution < -0.4 is 5.32 Å². The summed E-state index contributed by atoms with van der Waals surface area (Å²) in [5.41, 5.74) is 0. The van der Waals surface area contributed by atoms with Gasteiger partial charge in [0.2, 0.25) is 5.91 Å². The molecule has 3 N–H and O–H groups in total. The van der Waals surface area contributed by atoms with Crippen LogP contribution in [0.2, 0.25) is 0 Å². The van der Waals surface area contributed by atoms with E-state index < -0.39 is 12.2 Å². The molecule has 0 aromatic heterocycles. The lowest BCUT2D eigenvalue weighted by Gasteiger charge is -2.27. The zero-order valence-electron chi connectivity index (χ0n) is 28.2. The molecule has 3 atom stereocenters. The monoisotopic (exact) mass is 582 g/mol. The van der Waals surface area contributed by atoms with Gasteiger partial charge in [-0.2, -0.15) is 0 Å². The molecule has 0 aliphatic rings. The van der Waals surface area contributed by atoms with E-state index in [2.05, 4.69) is 19.2 Å². The summed E-state index contributed by atoms with van der Waals surface area (Å²) in [6.07, 6.45) is 35.4. The van der Waals surface area contributed by atoms with Crippen molar-refractivity contribution >= 4 is 5.91 Å². The Morgan fingerprint density at radius 3 is 1.15 bits per heavy atom. The number of aliphatic hydroxyl groups excluding tert-OH is 2. The van der Waals surface area contributed by atoms with Gasteiger partial charge >= 0.3 is 0 Å². The van der Waals surface area contributed by atoms with Gasteiger partial charge in [-0.05, 0) is 19.3 Å². The van der Waals surface area contributed by atoms with Gasteiger partial charge in [0.15, 0.2) is 0 Å². The molecule has 0 unspecified atom stereocenters. The fourth-order valence-electron chi connectivity index (χ4n) is 6.00. The first-order valence-electron chi connectivity index (χ1n) is 18.7. The number of amides is 1. The minimum absolute atomic E-state index is 0.0168. The van der Waals surface area contributed by atoms with Crippen LogP contribution in [-0.4, -0.2) is 34.4 Å². The predicted octanol–water partition coefficient (Wildman–Crippen LogP) is 11.0. The predicted molar refractivity (Wildman–Crippen MR) is 179 cm³/mol. The fourth-order valence-corrected chi connectivity index (χ4v) is 6.00. The zero-order valence-corrected chi connectivity index (χ0v) is 28.2. The number of rotatable bonds is 33. The molecule has 0 spiro atoms. The molecule has 0 saturated heterocycles. The highest BCUT2D eigenvalue weighted by atomic mass is 16.3. The third-order valence-electron chi connectivity index (χ3n) is 8.95. The summed E-state index contributed by atoms with van der Waals surface area (Å²) < 4.78 is 0. The minimum atomic E-state index is -0.877. The first-order chi connectivity index (χ1) is 20.1. The van der Waals surface area contributed by atoms with Crippen LogP contribution in [0.4, 0.5) is 0 Å². The average molecular weight is 582 g/mol. The van der Waals surface area contributed by atoms with E-state index in [0.717, 1.165) is 25.7 Å². The first-order valence-corrected chi connectivity index (χ1v) is 18.7. The quantitative estimate of drug-likeness (QED) is 0.0675. The van der Waals surface area contributed by atoms with Crippen molar-refractivity contribution in [2.75, 3.05) is 0 Å². The lowest BCUT2D eigenvalue weighted by molar-refractivity contribution is -0.123. The maximum atomic E-state index is 12.4. The summed E-state index contributed by atoms with van der Waals surface area (Å²) in [6, 6.07) is -0.355. The Labute approximate surface area is 257 Å². The summed E-state index contributed by atoms with van der Waals surface area (Å²) in [4.78, 5) is 12.4. The number of unbranched alkanes of at least 4 members (excludes halogenated alkanes) is 25. The molecule has 0 aromatic carbocycles. The Balaban J connectivity index is 3.66. The molecule has 4 heteroatoms. The van der Waals surface area contributed by atoms with Crippen LogP contribution in [0.25, 0.3) is 0 Å². The van der Waals surface area contributed by atoms with E-state index >= 15 is 0 Å². The van der Waals surface area contributed by atoms with E-state index in [1.807, 2.05) is 6.92 Å². The Hall–Kier alpha value is -0.610. The number of hydrogen-bond acceptors (Lipinski definition) is 3. The van der Waals surface area contributed by atoms with Crippen LogP contribution in [-0.2, 0) is 4.79 Å². The minimum Gasteiger partial charge on any atom is -0.390 e. The topological polar surface area (TPSA) is 69.6 Å². The lowest BCUT2D eigenvalue weighted by Crippen LogP contribution is -2.48. The van der Waals surface area contributed by atoms with Gasteiger partial charge < -0.3 is 15.5 Å². The molecular formula is C37H75NO3. The molecule has 0 heterocycles. The molecule has 0 rings (SSSR count). The van der Waals surface area contributed by atoms with Crippen LogP contribution >= 0.6 is 0 Å². The van der Waals surface area contributed by atoms with E-state index in [9.17, 15) is 15.0 Å². The van der Waals surface area contributed by atoms with Crippen molar-refractivity contribution in [3.8, 4) is 0 Å². The number of carbonyl (C=O) groups excluding carboxylic acids is 1. The molecule has 0 bridgehead atoms. The van der Waals surface area contributed by atoms with Crippen molar-refractivity contribution < 1.29 is 15.0 Å². The van der Waals surface area contributed by atoms with Gasteiger partial charge in [0, 0.05) is 6.42 Å². The zero-order chi connectivity index (χ0) is 30.2. The molecule has 1 amide bonds. The van der Waals surface area contributed by atoms with Gasteiger partial charge in [-0.3, -0.25) is 4.79 Å². The summed E-state index contributed by atoms with van der Waals surface area (Å²) in [6.45, 7) is 6.51. The Kier molecular flexibility index (Phi) is 31.8. The number of nitrogens with one attached hydrogen (secondary N) is 1. The molecule has 0 aliphatic carbocycles. The van der Waals surface area contributed by atoms with Gasteiger partial charge in [-0.25, -0.2) is 0 Å². The SMILES string of the molecule is CCCCCCCCCCCCCCCCCC(=O)N[C@@H](CC)[C@H](O)[C@H](O)CCCCCCCCCCCCCC. The number of hydrogen-bond donors (Lipinski definition) is 3. The average Bonchev–Trinajstić information content (AvgIpc) is 2.97. The summed E-state index contributed by atoms with van der Waals surface area (Å²) in [5.74, 6) is 0.0168. The highest BCUT2D eigenvalue weighted by Gasteiger charge is 2.25. The third-order valence-corrected chi connectivity index (χ3v) is 8.95. The maximum Gasteiger partial charge on any atom is 0.220 e. The van der Waals surface area contributed by atoms with Crippen LogP contribution in [0.3, 0.4) is 0 Å². The number of aliphatic hydroxyl groups is 2. The Morgan fingerprint density at radius 1 is 0.488 bits per heavy atom. The van der Waals surface area contributed by atoms with Crippen LogP contribution in [0.1, 0.15) is 213 Å². The normalized spacial score (nSPS) is 13.8. The smallest absolute Gasteiger partial charge is 0.220 e. The van der Waals surface area contributed by atoms with E-state index in [4.69, 9.17) is 0 Å². The van der Waals surface area contributed by atoms with Gasteiger partial charge in [-0.15, -0.1) is 0 Å². The molecule has 41 heavy (non-hydrogen) atoms. The highest BCUT2D eigenvalue weighted by molar-refractivity contribution is 5.76. The largest absolute Gasteiger partial charge is 0.390 e. The second-order valence-corrected chi connectivity index (χ2v) is 13.0. The second-order valence-electron chi connectivity index (χ2n) is 13.0. The van der Waals surface area contributed by atoms with Crippen molar-refractivity contribution in [3.63, 3.8) is 0 Å². The van der Waals surface area contributed by atoms with Crippen LogP contribution in [0.15, 0.2) is 0 Å². The standard InChI is InChI=1S/C37H75NO3/c1-4-7-9-11-13-15-17-19-20-21-23-25-27-29-31-33-36(40)38-34(6-3)37(41)35(39)32-30-28-26-24-22-18-16-14-12-10-8-5-2/h34-35,37,39,41H,4-33H2,1-3H3,(H,38,40)/t34-,35+,37-/m0/s1. The van der Waals surface area contributed by atoms with Crippen molar-refractivity contribution in [1.82, 2.24) is 5.32 Å². The molecule has 0 radical (unpaired) electrons. The van der Waals surface area contributed by atoms with E-state index in [-0.39, 0.29) is 11.9 Å². The molecule has 4 nitrogen and oxygen atoms in total. The molecule has 0 aromatic rings. The molecule has 0 fully saturated rings. The van der Waals surface area contributed by atoms with Gasteiger partial charge in [0.1, 0.15) is 0 Å². The van der Waals surface area contributed by atoms with E-state index in [1.54, 1.807) is 0 Å². The van der Waals surface area contributed by atoms with Gasteiger partial charge in [0.25, 0.3) is 0 Å². The Bertz CT molecular complexity index is 526. The lowest BCUT2D eigenvalue weighted by atomic mass is 9.97. The summed E-state index contributed by atoms with van der Waals surface area (Å²) in [7, 11) is 0. The van der Waals surface area contributed by atoms with Gasteiger partial charge in [-0.1, -0.05) is 188 Å². The first kappa shape index (κ1) is 40.4. The maximum absolute atomic E-state index is 12.4. The summed E-state index contributed by atoms with van der Waals surface area (Å²) >= 11 is 0. The van der Waals surface area contributed by atoms with Crippen LogP contribution in [0.5, 0.6) is 0 Å². The molecule has 0 aliphatic heterocycles. The highest BCUT2D eigenvalue weighted by Crippen LogP contribution is 2.16. The van der Waals surface area contributed by atoms with Crippen molar-refractivity contribution in [3.05, 3.63) is 0 Å². The van der Waals surface area contributed by atoms with Crippen molar-refractivity contribution in [2.45, 2.75) is 232 Å². The van der Waals surface area contributed by atoms with E-state index in [0.29, 0.717) is 19.3 Å². The third kappa shape index (κ3) is 27.9. The fraction of sp³-hybridized carbons (Fsp3) is 0.973. The number of carbonyl (C=O) groups is 1. The second kappa shape index (κ2) is 32.3. The van der Waals surface area contributed by atoms with Gasteiger partial charge in [0.05, 0.1) is 18.2 Å². The van der Waals surface area contributed by atoms with Crippen molar-refractivity contribution in [2.24, 2.45) is 0 Å². The van der Waals surface area contributed by atoms with E-state index in [1.165, 1.54) is 148 Å². The summed E-state index contributed by atoms with van der Waals surface area (Å²) in [5, 5.41) is 24.1. The molecular weight excluding hydrogens is 506 g/mol. The van der Waals surface area contributed by atoms with Crippen molar-refractivity contribution in [1.29, 1.82) is 0 Å². The van der Waals surface area contributed by atoms with Crippen LogP contribution in [0, 0.1) is 0 Å².